The van der Waals surface area contributed by atoms with Crippen molar-refractivity contribution in [3.8, 4) is 0 Å². The Morgan fingerprint density at radius 3 is 2.03 bits per heavy atom. The zero-order valence-electron chi connectivity index (χ0n) is 18.8. The van der Waals surface area contributed by atoms with Crippen molar-refractivity contribution in [2.24, 2.45) is 0 Å². The molecule has 0 atom stereocenters. The Bertz CT molecular complexity index is 1220. The molecule has 0 unspecified atom stereocenters. The number of carbonyl (C=O) groups excluding carboxylic acids is 4. The topological polar surface area (TPSA) is 108 Å². The number of hydrogen-bond donors (Lipinski definition) is 3. The summed E-state index contributed by atoms with van der Waals surface area (Å²) >= 11 is 0. The van der Waals surface area contributed by atoms with Gasteiger partial charge in [-0.05, 0) is 42.2 Å². The third kappa shape index (κ3) is 4.13. The molecule has 1 heterocycles. The summed E-state index contributed by atoms with van der Waals surface area (Å²) in [5.74, 6) is -1.39. The molecule has 8 nitrogen and oxygen atoms in total. The van der Waals surface area contributed by atoms with Crippen LogP contribution in [0.2, 0.25) is 0 Å². The first-order valence-corrected chi connectivity index (χ1v) is 10.7. The molecular formula is C26H24N4O4. The van der Waals surface area contributed by atoms with Gasteiger partial charge >= 0.3 is 12.1 Å². The lowest BCUT2D eigenvalue weighted by Crippen LogP contribution is -2.47. The normalized spacial score (nSPS) is 14.5. The van der Waals surface area contributed by atoms with Crippen LogP contribution in [0.3, 0.4) is 0 Å². The van der Waals surface area contributed by atoms with Crippen molar-refractivity contribution < 1.29 is 19.2 Å². The molecule has 34 heavy (non-hydrogen) atoms. The monoisotopic (exact) mass is 456 g/mol. The summed E-state index contributed by atoms with van der Waals surface area (Å²) in [7, 11) is 0. The highest BCUT2D eigenvalue weighted by atomic mass is 16.2. The first-order chi connectivity index (χ1) is 16.3. The highest BCUT2D eigenvalue weighted by molar-refractivity contribution is 6.12. The zero-order valence-corrected chi connectivity index (χ0v) is 18.8. The minimum atomic E-state index is -1.47. The predicted octanol–water partition coefficient (Wildman–Crippen LogP) is 3.45. The Hall–Kier alpha value is -4.46. The second-order valence-corrected chi connectivity index (χ2v) is 8.05. The number of benzene rings is 3. The quantitative estimate of drug-likeness (QED) is 0.511. The molecule has 0 aliphatic carbocycles. The van der Waals surface area contributed by atoms with Gasteiger partial charge in [0.1, 0.15) is 6.54 Å². The average Bonchev–Trinajstić information content (AvgIpc) is 3.08. The third-order valence-corrected chi connectivity index (χ3v) is 5.93. The highest BCUT2D eigenvalue weighted by Gasteiger charge is 2.54. The Balaban J connectivity index is 1.53. The Morgan fingerprint density at radius 1 is 0.853 bits per heavy atom. The molecule has 1 saturated heterocycles. The molecule has 3 N–H and O–H groups in total. The molecule has 0 bridgehead atoms. The zero-order chi connectivity index (χ0) is 24.3. The molecule has 6 amide bonds. The smallest absolute Gasteiger partial charge is 0.315 e. The number of nitrogens with one attached hydrogen (secondary N) is 3. The number of urea groups is 2. The Labute approximate surface area is 197 Å². The largest absolute Gasteiger partial charge is 0.326 e. The standard InChI is InChI=1S/C26H24N4O4/c1-17-10-9-15-21(18(17)2)27-24(33)28-22(31)16-30-23(32)26(29-25(30)34,19-11-5-3-6-12-19)20-13-7-4-8-14-20/h3-15H,16H2,1-2H3,(H,29,34)(H2,27,28,31,33). The van der Waals surface area contributed by atoms with Crippen molar-refractivity contribution in [3.05, 3.63) is 101 Å². The van der Waals surface area contributed by atoms with E-state index in [1.807, 2.05) is 32.0 Å². The summed E-state index contributed by atoms with van der Waals surface area (Å²) in [6.07, 6.45) is 0. The summed E-state index contributed by atoms with van der Waals surface area (Å²) in [6, 6.07) is 21.6. The van der Waals surface area contributed by atoms with Crippen molar-refractivity contribution in [3.63, 3.8) is 0 Å². The van der Waals surface area contributed by atoms with E-state index in [1.54, 1.807) is 60.7 Å². The van der Waals surface area contributed by atoms with E-state index in [0.717, 1.165) is 16.0 Å². The third-order valence-electron chi connectivity index (χ3n) is 5.93. The second kappa shape index (κ2) is 9.19. The van der Waals surface area contributed by atoms with Crippen LogP contribution in [0.15, 0.2) is 78.9 Å². The van der Waals surface area contributed by atoms with Gasteiger partial charge in [0.05, 0.1) is 0 Å². The molecule has 3 aromatic rings. The van der Waals surface area contributed by atoms with E-state index in [4.69, 9.17) is 0 Å². The van der Waals surface area contributed by atoms with Crippen molar-refractivity contribution in [1.82, 2.24) is 15.5 Å². The van der Waals surface area contributed by atoms with Crippen LogP contribution in [-0.2, 0) is 15.1 Å². The van der Waals surface area contributed by atoms with E-state index in [-0.39, 0.29) is 0 Å². The summed E-state index contributed by atoms with van der Waals surface area (Å²) in [4.78, 5) is 52.2. The summed E-state index contributed by atoms with van der Waals surface area (Å²) < 4.78 is 0. The molecule has 1 fully saturated rings. The number of anilines is 1. The van der Waals surface area contributed by atoms with E-state index in [2.05, 4.69) is 16.0 Å². The van der Waals surface area contributed by atoms with E-state index in [9.17, 15) is 19.2 Å². The van der Waals surface area contributed by atoms with Crippen LogP contribution in [0, 0.1) is 13.8 Å². The lowest BCUT2D eigenvalue weighted by molar-refractivity contribution is -0.133. The van der Waals surface area contributed by atoms with Gasteiger partial charge in [0, 0.05) is 5.69 Å². The van der Waals surface area contributed by atoms with Crippen LogP contribution in [-0.4, -0.2) is 35.3 Å². The van der Waals surface area contributed by atoms with Gasteiger partial charge in [-0.2, -0.15) is 0 Å². The predicted molar refractivity (Wildman–Crippen MR) is 127 cm³/mol. The second-order valence-electron chi connectivity index (χ2n) is 8.05. The Morgan fingerprint density at radius 2 is 1.44 bits per heavy atom. The SMILES string of the molecule is Cc1cccc(NC(=O)NC(=O)CN2C(=O)NC(c3ccccc3)(c3ccccc3)C2=O)c1C. The maximum atomic E-state index is 13.6. The molecule has 172 valence electrons. The van der Waals surface area contributed by atoms with Crippen LogP contribution in [0.1, 0.15) is 22.3 Å². The van der Waals surface area contributed by atoms with E-state index in [1.165, 1.54) is 0 Å². The number of aryl methyl sites for hydroxylation is 1. The van der Waals surface area contributed by atoms with E-state index in [0.29, 0.717) is 16.8 Å². The van der Waals surface area contributed by atoms with Crippen molar-refractivity contribution >= 4 is 29.6 Å². The lowest BCUT2D eigenvalue weighted by atomic mass is 9.82. The molecule has 0 aromatic heterocycles. The summed E-state index contributed by atoms with van der Waals surface area (Å²) in [6.45, 7) is 3.16. The number of rotatable bonds is 5. The highest BCUT2D eigenvalue weighted by Crippen LogP contribution is 2.35. The van der Waals surface area contributed by atoms with Crippen LogP contribution in [0.4, 0.5) is 15.3 Å². The van der Waals surface area contributed by atoms with Gasteiger partial charge in [-0.25, -0.2) is 9.59 Å². The van der Waals surface area contributed by atoms with Gasteiger partial charge in [0.15, 0.2) is 5.54 Å². The minimum Gasteiger partial charge on any atom is -0.315 e. The minimum absolute atomic E-state index is 0.562. The fourth-order valence-electron chi connectivity index (χ4n) is 4.00. The molecule has 0 saturated carbocycles. The lowest BCUT2D eigenvalue weighted by Gasteiger charge is -2.27. The van der Waals surface area contributed by atoms with Gasteiger partial charge < -0.3 is 10.6 Å². The molecule has 3 aromatic carbocycles. The van der Waals surface area contributed by atoms with Crippen molar-refractivity contribution in [1.29, 1.82) is 0 Å². The first-order valence-electron chi connectivity index (χ1n) is 10.7. The van der Waals surface area contributed by atoms with Gasteiger partial charge in [-0.3, -0.25) is 19.8 Å². The van der Waals surface area contributed by atoms with Gasteiger partial charge in [-0.15, -0.1) is 0 Å². The molecular weight excluding hydrogens is 432 g/mol. The van der Waals surface area contributed by atoms with Crippen LogP contribution >= 0.6 is 0 Å². The molecule has 8 heteroatoms. The molecule has 1 aliphatic heterocycles. The average molecular weight is 457 g/mol. The van der Waals surface area contributed by atoms with E-state index < -0.39 is 36.0 Å². The molecule has 0 spiro atoms. The van der Waals surface area contributed by atoms with E-state index >= 15 is 0 Å². The number of carbonyl (C=O) groups is 4. The van der Waals surface area contributed by atoms with Crippen LogP contribution < -0.4 is 16.0 Å². The van der Waals surface area contributed by atoms with Gasteiger partial charge in [-0.1, -0.05) is 72.8 Å². The number of imide groups is 2. The molecule has 1 aliphatic rings. The summed E-state index contributed by atoms with van der Waals surface area (Å²) in [5, 5.41) is 7.58. The van der Waals surface area contributed by atoms with Gasteiger partial charge in [0.2, 0.25) is 5.91 Å². The van der Waals surface area contributed by atoms with Crippen LogP contribution in [0.5, 0.6) is 0 Å². The number of nitrogens with zero attached hydrogens (tertiary/aromatic N) is 1. The maximum Gasteiger partial charge on any atom is 0.326 e. The fourth-order valence-corrected chi connectivity index (χ4v) is 4.00. The van der Waals surface area contributed by atoms with Crippen molar-refractivity contribution in [2.45, 2.75) is 19.4 Å². The maximum absolute atomic E-state index is 13.6. The fraction of sp³-hybridized carbons (Fsp3) is 0.154. The summed E-state index contributed by atoms with van der Waals surface area (Å²) in [5.41, 5.74) is 2.08. The van der Waals surface area contributed by atoms with Crippen LogP contribution in [0.25, 0.3) is 0 Å². The molecule has 4 rings (SSSR count). The number of amides is 6. The molecule has 0 radical (unpaired) electrons. The number of hydrogen-bond acceptors (Lipinski definition) is 4. The van der Waals surface area contributed by atoms with Crippen molar-refractivity contribution in [2.75, 3.05) is 11.9 Å². The first kappa shape index (κ1) is 22.7. The van der Waals surface area contributed by atoms with Gasteiger partial charge in [0.25, 0.3) is 5.91 Å². The Kier molecular flexibility index (Phi) is 6.14.